The second-order valence-corrected chi connectivity index (χ2v) is 13.4. The van der Waals surface area contributed by atoms with Crippen LogP contribution in [0.2, 0.25) is 5.02 Å². The Bertz CT molecular complexity index is 2000. The van der Waals surface area contributed by atoms with E-state index in [1.165, 1.54) is 11.8 Å². The number of carbonyl (C=O) groups excluding carboxylic acids is 4. The Labute approximate surface area is 276 Å². The van der Waals surface area contributed by atoms with Gasteiger partial charge in [-0.25, -0.2) is 9.78 Å². The summed E-state index contributed by atoms with van der Waals surface area (Å²) in [5, 5.41) is 1.03. The number of esters is 1. The Morgan fingerprint density at radius 3 is 2.17 bits per heavy atom. The van der Waals surface area contributed by atoms with Crippen molar-refractivity contribution in [3.8, 4) is 17.0 Å². The predicted octanol–water partition coefficient (Wildman–Crippen LogP) is 6.86. The Morgan fingerprint density at radius 2 is 1.55 bits per heavy atom. The number of rotatable bonds is 7. The number of allylic oxidation sites excluding steroid dienone is 2. The van der Waals surface area contributed by atoms with Gasteiger partial charge >= 0.3 is 5.97 Å². The van der Waals surface area contributed by atoms with Gasteiger partial charge in [0, 0.05) is 21.5 Å². The van der Waals surface area contributed by atoms with E-state index in [0.717, 1.165) is 6.42 Å². The fourth-order valence-corrected chi connectivity index (χ4v) is 8.13. The van der Waals surface area contributed by atoms with Crippen LogP contribution in [-0.4, -0.2) is 41.8 Å². The van der Waals surface area contributed by atoms with Crippen LogP contribution in [0.25, 0.3) is 22.2 Å². The van der Waals surface area contributed by atoms with Gasteiger partial charge in [0.1, 0.15) is 5.75 Å². The number of Topliss-reactive ketones (excluding diaryl/α,β-unsaturated/α-hetero) is 1. The van der Waals surface area contributed by atoms with Crippen LogP contribution >= 0.6 is 11.6 Å². The number of hydrogen-bond donors (Lipinski definition) is 0. The highest BCUT2D eigenvalue weighted by Crippen LogP contribution is 2.65. The molecule has 1 aliphatic heterocycles. The smallest absolute Gasteiger partial charge is 0.339 e. The normalized spacial score (nSPS) is 25.8. The minimum Gasteiger partial charge on any atom is -0.497 e. The molecule has 2 amide bonds. The van der Waals surface area contributed by atoms with Gasteiger partial charge in [0.05, 0.1) is 41.4 Å². The summed E-state index contributed by atoms with van der Waals surface area (Å²) in [6.45, 7) is 3.36. The number of benzene rings is 3. The number of ketones is 1. The van der Waals surface area contributed by atoms with Crippen LogP contribution < -0.4 is 9.64 Å². The van der Waals surface area contributed by atoms with E-state index in [9.17, 15) is 19.2 Å². The first-order chi connectivity index (χ1) is 22.7. The number of imide groups is 1. The summed E-state index contributed by atoms with van der Waals surface area (Å²) in [7, 11) is 1.54. The first-order valence-electron chi connectivity index (χ1n) is 15.8. The third-order valence-electron chi connectivity index (χ3n) is 10.5. The number of carbonyl (C=O) groups is 4. The lowest BCUT2D eigenvalue weighted by Gasteiger charge is -2.37. The highest BCUT2D eigenvalue weighted by atomic mass is 35.5. The van der Waals surface area contributed by atoms with Crippen molar-refractivity contribution in [2.75, 3.05) is 12.0 Å². The minimum absolute atomic E-state index is 0.116. The molecule has 0 N–H and O–H groups in total. The number of fused-ring (bicyclic) bond motifs is 1. The zero-order chi connectivity index (χ0) is 32.7. The van der Waals surface area contributed by atoms with Crippen LogP contribution in [0.3, 0.4) is 0 Å². The molecule has 7 atom stereocenters. The van der Waals surface area contributed by atoms with E-state index in [1.54, 1.807) is 73.8 Å². The fraction of sp³-hybridized carbons (Fsp3) is 0.289. The second-order valence-electron chi connectivity index (χ2n) is 13.0. The van der Waals surface area contributed by atoms with E-state index in [4.69, 9.17) is 26.1 Å². The summed E-state index contributed by atoms with van der Waals surface area (Å²) in [5.41, 5.74) is 3.52. The topological polar surface area (TPSA) is 103 Å². The molecule has 3 aromatic carbocycles. The number of aryl methyl sites for hydroxylation is 1. The number of ether oxygens (including phenoxy) is 2. The lowest BCUT2D eigenvalue weighted by atomic mass is 9.63. The molecule has 9 rings (SSSR count). The number of nitrogens with zero attached hydrogens (tertiary/aromatic N) is 2. The number of halogens is 1. The molecule has 2 heterocycles. The number of hydrogen-bond acceptors (Lipinski definition) is 7. The van der Waals surface area contributed by atoms with Gasteiger partial charge in [0.25, 0.3) is 0 Å². The van der Waals surface area contributed by atoms with E-state index >= 15 is 0 Å². The number of pyridine rings is 1. The molecule has 1 saturated heterocycles. The average molecular weight is 647 g/mol. The zero-order valence-corrected chi connectivity index (χ0v) is 26.7. The van der Waals surface area contributed by atoms with E-state index in [2.05, 4.69) is 12.2 Å². The van der Waals surface area contributed by atoms with E-state index < -0.39 is 12.1 Å². The van der Waals surface area contributed by atoms with E-state index in [0.29, 0.717) is 61.6 Å². The maximum atomic E-state index is 13.7. The van der Waals surface area contributed by atoms with Gasteiger partial charge in [-0.15, -0.1) is 0 Å². The summed E-state index contributed by atoms with van der Waals surface area (Å²) in [4.78, 5) is 60.2. The molecule has 8 nitrogen and oxygen atoms in total. The Hall–Kier alpha value is -4.82. The number of amides is 2. The number of aromatic nitrogens is 1. The van der Waals surface area contributed by atoms with Crippen LogP contribution in [0.1, 0.15) is 39.6 Å². The highest BCUT2D eigenvalue weighted by Gasteiger charge is 2.67. The average Bonchev–Trinajstić information content (AvgIpc) is 3.88. The van der Waals surface area contributed by atoms with Crippen LogP contribution in [0.15, 0.2) is 78.9 Å². The van der Waals surface area contributed by atoms with Gasteiger partial charge in [-0.05, 0) is 98.0 Å². The van der Waals surface area contributed by atoms with E-state index in [-0.39, 0.29) is 46.8 Å². The van der Waals surface area contributed by atoms with Crippen molar-refractivity contribution in [3.63, 3.8) is 0 Å². The van der Waals surface area contributed by atoms with Crippen LogP contribution in [0.5, 0.6) is 5.75 Å². The van der Waals surface area contributed by atoms with Crippen LogP contribution in [0, 0.1) is 42.4 Å². The third-order valence-corrected chi connectivity index (χ3v) is 10.9. The summed E-state index contributed by atoms with van der Waals surface area (Å²) >= 11 is 6.46. The first-order valence-corrected chi connectivity index (χ1v) is 16.2. The molecule has 4 aromatic rings. The fourth-order valence-electron chi connectivity index (χ4n) is 7.98. The molecular weight excluding hydrogens is 616 g/mol. The molecule has 47 heavy (non-hydrogen) atoms. The van der Waals surface area contributed by atoms with Crippen LogP contribution in [0.4, 0.5) is 5.69 Å². The summed E-state index contributed by atoms with van der Waals surface area (Å²) in [6.07, 6.45) is 4.39. The molecule has 7 unspecified atom stereocenters. The molecular formula is C38H31ClN2O6. The van der Waals surface area contributed by atoms with Crippen molar-refractivity contribution in [1.29, 1.82) is 0 Å². The van der Waals surface area contributed by atoms with Gasteiger partial charge < -0.3 is 9.47 Å². The van der Waals surface area contributed by atoms with Crippen molar-refractivity contribution in [3.05, 3.63) is 101 Å². The lowest BCUT2D eigenvalue weighted by molar-refractivity contribution is -0.124. The van der Waals surface area contributed by atoms with Crippen molar-refractivity contribution in [2.45, 2.75) is 26.4 Å². The van der Waals surface area contributed by atoms with Crippen molar-refractivity contribution >= 4 is 51.8 Å². The van der Waals surface area contributed by atoms with Crippen molar-refractivity contribution in [2.24, 2.45) is 35.5 Å². The first kappa shape index (κ1) is 29.6. The van der Waals surface area contributed by atoms with Crippen LogP contribution in [-0.2, 0) is 14.3 Å². The van der Waals surface area contributed by atoms with Crippen molar-refractivity contribution < 1.29 is 28.7 Å². The molecule has 3 fully saturated rings. The minimum atomic E-state index is -1.05. The largest absolute Gasteiger partial charge is 0.497 e. The van der Waals surface area contributed by atoms with Gasteiger partial charge in [0.2, 0.25) is 17.6 Å². The monoisotopic (exact) mass is 646 g/mol. The zero-order valence-electron chi connectivity index (χ0n) is 26.0. The molecule has 2 bridgehead atoms. The Morgan fingerprint density at radius 1 is 0.915 bits per heavy atom. The van der Waals surface area contributed by atoms with Gasteiger partial charge in [-0.2, -0.15) is 0 Å². The van der Waals surface area contributed by atoms with Crippen molar-refractivity contribution in [1.82, 2.24) is 4.98 Å². The number of methoxy groups -OCH3 is 1. The molecule has 9 heteroatoms. The molecule has 5 aliphatic rings. The van der Waals surface area contributed by atoms with Gasteiger partial charge in [-0.1, -0.05) is 42.0 Å². The predicted molar refractivity (Wildman–Crippen MR) is 176 cm³/mol. The molecule has 2 saturated carbocycles. The summed E-state index contributed by atoms with van der Waals surface area (Å²) in [6, 6.07) is 18.7. The molecule has 4 aliphatic carbocycles. The van der Waals surface area contributed by atoms with E-state index in [1.807, 2.05) is 6.92 Å². The molecule has 1 aromatic heterocycles. The second kappa shape index (κ2) is 10.9. The maximum absolute atomic E-state index is 13.7. The van der Waals surface area contributed by atoms with Gasteiger partial charge in [-0.3, -0.25) is 19.3 Å². The SMILES string of the molecule is COc1ccc(C(=O)C(C)OC(=O)c2cc(-c3ccc(N4C(=O)C5C6C=CC(C7CC67)C5C4=O)cc3)nc3c(C)c(Cl)ccc23)cc1. The number of anilines is 1. The maximum Gasteiger partial charge on any atom is 0.339 e. The summed E-state index contributed by atoms with van der Waals surface area (Å²) < 4.78 is 10.9. The standard InChI is InChI=1S/C38H31ClN2O6/c1-18-30(39)15-14-26-29(38(45)47-19(2)35(42)21-6-10-23(46-3)11-7-21)17-31(40-34(18)26)20-4-8-22(9-5-20)41-36(43)32-24-12-13-25(28-16-27(24)28)33(32)37(41)44/h4-15,17,19,24-25,27-28,32-33H,16H2,1-3H3. The molecule has 0 radical (unpaired) electrons. The van der Waals surface area contributed by atoms with Gasteiger partial charge in [0.15, 0.2) is 6.10 Å². The summed E-state index contributed by atoms with van der Waals surface area (Å²) in [5.74, 6) is 0.179. The molecule has 0 spiro atoms. The Kier molecular flexibility index (Phi) is 6.84. The lowest BCUT2D eigenvalue weighted by Crippen LogP contribution is -2.40. The molecule has 236 valence electrons. The third kappa shape index (κ3) is 4.60. The quantitative estimate of drug-likeness (QED) is 0.0936. The highest BCUT2D eigenvalue weighted by molar-refractivity contribution is 6.32. The Balaban J connectivity index is 1.09.